The topological polar surface area (TPSA) is 58.4 Å². The van der Waals surface area contributed by atoms with Gasteiger partial charge in [-0.15, -0.1) is 11.3 Å². The van der Waals surface area contributed by atoms with Crippen LogP contribution in [0, 0.1) is 0 Å². The van der Waals surface area contributed by atoms with E-state index in [1.807, 2.05) is 35.8 Å². The van der Waals surface area contributed by atoms with Gasteiger partial charge in [-0.3, -0.25) is 4.79 Å². The molecule has 1 aliphatic rings. The van der Waals surface area contributed by atoms with Gasteiger partial charge >= 0.3 is 0 Å². The molecular formula is C17H17N3O2S. The Hall–Kier alpha value is -2.34. The minimum atomic E-state index is -0.131. The summed E-state index contributed by atoms with van der Waals surface area (Å²) in [5.74, 6) is 0.252. The summed E-state index contributed by atoms with van der Waals surface area (Å²) in [6, 6.07) is 9.65. The molecule has 6 heteroatoms. The third-order valence-corrected chi connectivity index (χ3v) is 5.00. The predicted molar refractivity (Wildman–Crippen MR) is 91.0 cm³/mol. The number of hydrogen-bond acceptors (Lipinski definition) is 5. The molecule has 1 aliphatic heterocycles. The second kappa shape index (κ2) is 6.04. The van der Waals surface area contributed by atoms with Crippen LogP contribution in [0.5, 0.6) is 0 Å². The quantitative estimate of drug-likeness (QED) is 0.802. The summed E-state index contributed by atoms with van der Waals surface area (Å²) < 4.78 is 5.62. The van der Waals surface area contributed by atoms with E-state index in [0.717, 1.165) is 42.0 Å². The van der Waals surface area contributed by atoms with Crippen LogP contribution in [0.15, 0.2) is 46.3 Å². The Kier molecular flexibility index (Phi) is 3.75. The van der Waals surface area contributed by atoms with Crippen LogP contribution in [-0.2, 0) is 0 Å². The molecule has 0 saturated carbocycles. The number of carbonyl (C=O) groups is 1. The number of anilines is 1. The van der Waals surface area contributed by atoms with Crippen LogP contribution in [0.4, 0.5) is 5.13 Å². The number of para-hydroxylation sites is 1. The first-order valence-corrected chi connectivity index (χ1v) is 8.61. The molecule has 2 aromatic heterocycles. The van der Waals surface area contributed by atoms with Gasteiger partial charge in [0.05, 0.1) is 0 Å². The van der Waals surface area contributed by atoms with Crippen molar-refractivity contribution in [1.82, 2.24) is 10.3 Å². The number of aromatic nitrogens is 1. The molecule has 1 saturated heterocycles. The van der Waals surface area contributed by atoms with Crippen LogP contribution >= 0.6 is 11.3 Å². The first kappa shape index (κ1) is 14.3. The lowest BCUT2D eigenvalue weighted by molar-refractivity contribution is 0.0905. The molecule has 0 bridgehead atoms. The minimum Gasteiger partial charge on any atom is -0.451 e. The first-order chi connectivity index (χ1) is 11.3. The van der Waals surface area contributed by atoms with Crippen molar-refractivity contribution in [1.29, 1.82) is 0 Å². The Labute approximate surface area is 137 Å². The third-order valence-electron chi connectivity index (χ3n) is 4.17. The van der Waals surface area contributed by atoms with E-state index in [4.69, 9.17) is 4.42 Å². The SMILES string of the molecule is O=C(NC1CCN(c2nccs2)CC1)c1cc2ccccc2o1. The summed E-state index contributed by atoms with van der Waals surface area (Å²) in [5.41, 5.74) is 0.747. The molecule has 118 valence electrons. The largest absolute Gasteiger partial charge is 0.451 e. The number of fused-ring (bicyclic) bond motifs is 1. The molecule has 1 fully saturated rings. The number of benzene rings is 1. The Morgan fingerprint density at radius 1 is 1.30 bits per heavy atom. The maximum absolute atomic E-state index is 12.4. The van der Waals surface area contributed by atoms with Gasteiger partial charge in [-0.05, 0) is 25.0 Å². The molecule has 3 aromatic rings. The zero-order chi connectivity index (χ0) is 15.6. The minimum absolute atomic E-state index is 0.131. The van der Waals surface area contributed by atoms with E-state index in [1.54, 1.807) is 17.4 Å². The van der Waals surface area contributed by atoms with Crippen LogP contribution < -0.4 is 10.2 Å². The van der Waals surface area contributed by atoms with Crippen molar-refractivity contribution in [2.45, 2.75) is 18.9 Å². The molecule has 0 radical (unpaired) electrons. The molecule has 1 aromatic carbocycles. The van der Waals surface area contributed by atoms with Gasteiger partial charge in [0.2, 0.25) is 0 Å². The average Bonchev–Trinajstić information content (AvgIpc) is 3.25. The van der Waals surface area contributed by atoms with Crippen molar-refractivity contribution in [3.05, 3.63) is 47.7 Å². The molecule has 23 heavy (non-hydrogen) atoms. The number of hydrogen-bond donors (Lipinski definition) is 1. The van der Waals surface area contributed by atoms with E-state index < -0.39 is 0 Å². The molecule has 4 rings (SSSR count). The molecule has 0 unspecified atom stereocenters. The number of nitrogens with zero attached hydrogens (tertiary/aromatic N) is 2. The maximum Gasteiger partial charge on any atom is 0.287 e. The summed E-state index contributed by atoms with van der Waals surface area (Å²) in [6.45, 7) is 1.83. The lowest BCUT2D eigenvalue weighted by Crippen LogP contribution is -2.44. The van der Waals surface area contributed by atoms with Crippen molar-refractivity contribution < 1.29 is 9.21 Å². The van der Waals surface area contributed by atoms with Gasteiger partial charge in [0, 0.05) is 36.1 Å². The molecule has 1 N–H and O–H groups in total. The van der Waals surface area contributed by atoms with Gasteiger partial charge in [-0.25, -0.2) is 4.98 Å². The van der Waals surface area contributed by atoms with Crippen LogP contribution in [0.3, 0.4) is 0 Å². The fourth-order valence-corrected chi connectivity index (χ4v) is 3.63. The lowest BCUT2D eigenvalue weighted by Gasteiger charge is -2.31. The summed E-state index contributed by atoms with van der Waals surface area (Å²) in [4.78, 5) is 19.0. The van der Waals surface area contributed by atoms with Crippen LogP contribution in [-0.4, -0.2) is 30.0 Å². The molecule has 0 spiro atoms. The van der Waals surface area contributed by atoms with Crippen molar-refractivity contribution in [3.8, 4) is 0 Å². The van der Waals surface area contributed by atoms with Crippen LogP contribution in [0.1, 0.15) is 23.4 Å². The van der Waals surface area contributed by atoms with E-state index in [9.17, 15) is 4.79 Å². The molecule has 3 heterocycles. The van der Waals surface area contributed by atoms with E-state index in [0.29, 0.717) is 5.76 Å². The van der Waals surface area contributed by atoms with Crippen molar-refractivity contribution >= 4 is 33.3 Å². The summed E-state index contributed by atoms with van der Waals surface area (Å²) >= 11 is 1.66. The molecular weight excluding hydrogens is 310 g/mol. The Morgan fingerprint density at radius 3 is 2.87 bits per heavy atom. The molecule has 1 amide bonds. The fourth-order valence-electron chi connectivity index (χ4n) is 2.94. The summed E-state index contributed by atoms with van der Waals surface area (Å²) in [6.07, 6.45) is 3.67. The van der Waals surface area contributed by atoms with E-state index in [1.165, 1.54) is 0 Å². The Morgan fingerprint density at radius 2 is 2.13 bits per heavy atom. The average molecular weight is 327 g/mol. The number of nitrogens with one attached hydrogen (secondary N) is 1. The van der Waals surface area contributed by atoms with Gasteiger partial charge in [-0.1, -0.05) is 18.2 Å². The zero-order valence-corrected chi connectivity index (χ0v) is 13.4. The zero-order valence-electron chi connectivity index (χ0n) is 12.6. The van der Waals surface area contributed by atoms with Crippen LogP contribution in [0.25, 0.3) is 11.0 Å². The van der Waals surface area contributed by atoms with Crippen molar-refractivity contribution in [2.75, 3.05) is 18.0 Å². The predicted octanol–water partition coefficient (Wildman–Crippen LogP) is 3.29. The monoisotopic (exact) mass is 327 g/mol. The standard InChI is InChI=1S/C17H17N3O2S/c21-16(15-11-12-3-1-2-4-14(12)22-15)19-13-5-8-20(9-6-13)17-18-7-10-23-17/h1-4,7,10-11,13H,5-6,8-9H2,(H,19,21). The highest BCUT2D eigenvalue weighted by atomic mass is 32.1. The Balaban J connectivity index is 1.38. The molecule has 0 aliphatic carbocycles. The highest BCUT2D eigenvalue weighted by Gasteiger charge is 2.23. The van der Waals surface area contributed by atoms with Crippen molar-refractivity contribution in [2.24, 2.45) is 0 Å². The van der Waals surface area contributed by atoms with E-state index in [-0.39, 0.29) is 11.9 Å². The highest BCUT2D eigenvalue weighted by molar-refractivity contribution is 7.13. The number of furan rings is 1. The van der Waals surface area contributed by atoms with Gasteiger partial charge < -0.3 is 14.6 Å². The molecule has 5 nitrogen and oxygen atoms in total. The Bertz CT molecular complexity index is 771. The van der Waals surface area contributed by atoms with Crippen LogP contribution in [0.2, 0.25) is 0 Å². The van der Waals surface area contributed by atoms with Gasteiger partial charge in [0.1, 0.15) is 5.58 Å². The number of amides is 1. The normalized spacial score (nSPS) is 15.9. The number of rotatable bonds is 3. The second-order valence-electron chi connectivity index (χ2n) is 5.70. The number of piperidine rings is 1. The lowest BCUT2D eigenvalue weighted by atomic mass is 10.1. The molecule has 0 atom stereocenters. The number of carbonyl (C=O) groups excluding carboxylic acids is 1. The third kappa shape index (κ3) is 2.94. The first-order valence-electron chi connectivity index (χ1n) is 7.73. The summed E-state index contributed by atoms with van der Waals surface area (Å²) in [7, 11) is 0. The fraction of sp³-hybridized carbons (Fsp3) is 0.294. The van der Waals surface area contributed by atoms with E-state index in [2.05, 4.69) is 15.2 Å². The smallest absolute Gasteiger partial charge is 0.287 e. The number of thiazole rings is 1. The van der Waals surface area contributed by atoms with E-state index >= 15 is 0 Å². The summed E-state index contributed by atoms with van der Waals surface area (Å²) in [5, 5.41) is 7.09. The van der Waals surface area contributed by atoms with Gasteiger partial charge in [0.15, 0.2) is 10.9 Å². The maximum atomic E-state index is 12.4. The second-order valence-corrected chi connectivity index (χ2v) is 6.57. The highest BCUT2D eigenvalue weighted by Crippen LogP contribution is 2.23. The van der Waals surface area contributed by atoms with Gasteiger partial charge in [-0.2, -0.15) is 0 Å². The van der Waals surface area contributed by atoms with Crippen molar-refractivity contribution in [3.63, 3.8) is 0 Å². The van der Waals surface area contributed by atoms with Gasteiger partial charge in [0.25, 0.3) is 5.91 Å².